The summed E-state index contributed by atoms with van der Waals surface area (Å²) in [5.41, 5.74) is 0. The van der Waals surface area contributed by atoms with Gasteiger partial charge in [0.1, 0.15) is 10.7 Å². The Bertz CT molecular complexity index is 516. The van der Waals surface area contributed by atoms with Crippen LogP contribution in [-0.4, -0.2) is 26.5 Å². The number of nitrogens with zero attached hydrogens (tertiary/aromatic N) is 2. The molecular formula is C12H19N3O2S. The monoisotopic (exact) mass is 269 g/mol. The minimum atomic E-state index is -3.71. The van der Waals surface area contributed by atoms with Crippen LogP contribution in [0, 0.1) is 5.92 Å². The summed E-state index contributed by atoms with van der Waals surface area (Å²) in [7, 11) is -3.71. The van der Waals surface area contributed by atoms with Crippen molar-refractivity contribution in [2.75, 3.05) is 18.0 Å². The number of pyridine rings is 1. The molecule has 5 nitrogen and oxygen atoms in total. The van der Waals surface area contributed by atoms with Crippen molar-refractivity contribution in [3.8, 4) is 0 Å². The molecule has 0 radical (unpaired) electrons. The normalized spacial score (nSPS) is 21.7. The maximum Gasteiger partial charge on any atom is 0.241 e. The molecule has 2 heterocycles. The first-order chi connectivity index (χ1) is 8.48. The van der Waals surface area contributed by atoms with Crippen LogP contribution in [0.25, 0.3) is 0 Å². The van der Waals surface area contributed by atoms with Gasteiger partial charge in [0.2, 0.25) is 10.0 Å². The van der Waals surface area contributed by atoms with Crippen molar-refractivity contribution < 1.29 is 8.42 Å². The molecule has 0 aromatic carbocycles. The SMILES string of the molecule is C[C@@H]1CCCN(c2ncccc2S(N)(=O)=O)CC1. The highest BCUT2D eigenvalue weighted by Crippen LogP contribution is 2.25. The van der Waals surface area contributed by atoms with Crippen LogP contribution in [0.3, 0.4) is 0 Å². The van der Waals surface area contributed by atoms with Crippen molar-refractivity contribution in [2.45, 2.75) is 31.1 Å². The van der Waals surface area contributed by atoms with E-state index in [0.717, 1.165) is 25.9 Å². The van der Waals surface area contributed by atoms with Crippen LogP contribution >= 0.6 is 0 Å². The Morgan fingerprint density at radius 2 is 2.17 bits per heavy atom. The maximum atomic E-state index is 11.6. The average Bonchev–Trinajstić information content (AvgIpc) is 2.53. The fraction of sp³-hybridized carbons (Fsp3) is 0.583. The Morgan fingerprint density at radius 3 is 2.89 bits per heavy atom. The highest BCUT2D eigenvalue weighted by molar-refractivity contribution is 7.89. The predicted octanol–water partition coefficient (Wildman–Crippen LogP) is 1.36. The van der Waals surface area contributed by atoms with Gasteiger partial charge in [-0.3, -0.25) is 0 Å². The number of nitrogens with two attached hydrogens (primary N) is 1. The molecule has 1 aliphatic rings. The van der Waals surface area contributed by atoms with Crippen molar-refractivity contribution >= 4 is 15.8 Å². The van der Waals surface area contributed by atoms with E-state index in [-0.39, 0.29) is 4.90 Å². The minimum absolute atomic E-state index is 0.125. The lowest BCUT2D eigenvalue weighted by molar-refractivity contribution is 0.521. The summed E-state index contributed by atoms with van der Waals surface area (Å²) in [6.07, 6.45) is 4.90. The third-order valence-corrected chi connectivity index (χ3v) is 4.31. The molecule has 0 bridgehead atoms. The third kappa shape index (κ3) is 3.00. The Kier molecular flexibility index (Phi) is 3.87. The highest BCUT2D eigenvalue weighted by Gasteiger charge is 2.21. The smallest absolute Gasteiger partial charge is 0.241 e. The maximum absolute atomic E-state index is 11.6. The summed E-state index contributed by atoms with van der Waals surface area (Å²) in [5, 5.41) is 5.24. The van der Waals surface area contributed by atoms with Gasteiger partial charge in [-0.25, -0.2) is 18.5 Å². The number of primary sulfonamides is 1. The van der Waals surface area contributed by atoms with Crippen LogP contribution in [0.5, 0.6) is 0 Å². The fourth-order valence-electron chi connectivity index (χ4n) is 2.32. The molecule has 1 aromatic heterocycles. The van der Waals surface area contributed by atoms with Crippen molar-refractivity contribution in [3.63, 3.8) is 0 Å². The van der Waals surface area contributed by atoms with Crippen LogP contribution in [0.1, 0.15) is 26.2 Å². The van der Waals surface area contributed by atoms with Gasteiger partial charge in [-0.05, 0) is 37.3 Å². The molecule has 2 rings (SSSR count). The van der Waals surface area contributed by atoms with Crippen molar-refractivity contribution in [3.05, 3.63) is 18.3 Å². The topological polar surface area (TPSA) is 76.3 Å². The number of hydrogen-bond donors (Lipinski definition) is 1. The van der Waals surface area contributed by atoms with Gasteiger partial charge < -0.3 is 4.90 Å². The number of anilines is 1. The van der Waals surface area contributed by atoms with Gasteiger partial charge >= 0.3 is 0 Å². The Morgan fingerprint density at radius 1 is 1.39 bits per heavy atom. The van der Waals surface area contributed by atoms with E-state index in [4.69, 9.17) is 5.14 Å². The molecule has 1 aromatic rings. The van der Waals surface area contributed by atoms with Crippen LogP contribution in [0.4, 0.5) is 5.82 Å². The zero-order valence-electron chi connectivity index (χ0n) is 10.5. The second-order valence-electron chi connectivity index (χ2n) is 4.89. The van der Waals surface area contributed by atoms with Gasteiger partial charge in [0.15, 0.2) is 0 Å². The molecule has 6 heteroatoms. The van der Waals surface area contributed by atoms with E-state index < -0.39 is 10.0 Å². The number of rotatable bonds is 2. The summed E-state index contributed by atoms with van der Waals surface area (Å²) >= 11 is 0. The molecule has 2 N–H and O–H groups in total. The van der Waals surface area contributed by atoms with Crippen LogP contribution in [0.2, 0.25) is 0 Å². The van der Waals surface area contributed by atoms with Crippen molar-refractivity contribution in [1.82, 2.24) is 4.98 Å². The quantitative estimate of drug-likeness (QED) is 0.879. The van der Waals surface area contributed by atoms with Gasteiger partial charge in [-0.15, -0.1) is 0 Å². The van der Waals surface area contributed by atoms with E-state index in [9.17, 15) is 8.42 Å². The lowest BCUT2D eigenvalue weighted by atomic mass is 10.0. The second-order valence-corrected chi connectivity index (χ2v) is 6.42. The van der Waals surface area contributed by atoms with Gasteiger partial charge in [-0.1, -0.05) is 6.92 Å². The highest BCUT2D eigenvalue weighted by atomic mass is 32.2. The fourth-order valence-corrected chi connectivity index (χ4v) is 3.02. The molecule has 0 spiro atoms. The molecule has 18 heavy (non-hydrogen) atoms. The number of aromatic nitrogens is 1. The first kappa shape index (κ1) is 13.3. The van der Waals surface area contributed by atoms with Crippen LogP contribution in [0.15, 0.2) is 23.2 Å². The Balaban J connectivity index is 2.33. The first-order valence-electron chi connectivity index (χ1n) is 6.21. The van der Waals surface area contributed by atoms with Crippen LogP contribution in [-0.2, 0) is 10.0 Å². The standard InChI is InChI=1S/C12H19N3O2S/c1-10-4-3-8-15(9-6-10)12-11(18(13,16)17)5-2-7-14-12/h2,5,7,10H,3-4,6,8-9H2,1H3,(H2,13,16,17)/t10-/m1/s1. The molecule has 1 atom stereocenters. The summed E-state index contributed by atoms with van der Waals surface area (Å²) in [6, 6.07) is 3.12. The molecule has 0 aliphatic carbocycles. The van der Waals surface area contributed by atoms with E-state index in [1.54, 1.807) is 12.3 Å². The average molecular weight is 269 g/mol. The largest absolute Gasteiger partial charge is 0.355 e. The lowest BCUT2D eigenvalue weighted by Crippen LogP contribution is -2.28. The molecule has 1 aliphatic heterocycles. The molecular weight excluding hydrogens is 250 g/mol. The second kappa shape index (κ2) is 5.24. The van der Waals surface area contributed by atoms with E-state index in [1.165, 1.54) is 12.5 Å². The van der Waals surface area contributed by atoms with Crippen molar-refractivity contribution in [2.24, 2.45) is 11.1 Å². The molecule has 1 fully saturated rings. The number of hydrogen-bond acceptors (Lipinski definition) is 4. The zero-order chi connectivity index (χ0) is 13.2. The summed E-state index contributed by atoms with van der Waals surface area (Å²) in [6.45, 7) is 3.90. The molecule has 100 valence electrons. The minimum Gasteiger partial charge on any atom is -0.355 e. The van der Waals surface area contributed by atoms with Gasteiger partial charge in [0.05, 0.1) is 0 Å². The summed E-state index contributed by atoms with van der Waals surface area (Å²) in [5.74, 6) is 1.17. The van der Waals surface area contributed by atoms with Gasteiger partial charge in [0, 0.05) is 19.3 Å². The Labute approximate surface area is 108 Å². The van der Waals surface area contributed by atoms with Crippen molar-refractivity contribution in [1.29, 1.82) is 0 Å². The van der Waals surface area contributed by atoms with E-state index in [1.807, 2.05) is 4.90 Å². The molecule has 1 saturated heterocycles. The first-order valence-corrected chi connectivity index (χ1v) is 7.76. The predicted molar refractivity (Wildman–Crippen MR) is 70.8 cm³/mol. The third-order valence-electron chi connectivity index (χ3n) is 3.37. The Hall–Kier alpha value is -1.14. The zero-order valence-corrected chi connectivity index (χ0v) is 11.4. The molecule has 0 unspecified atom stereocenters. The lowest BCUT2D eigenvalue weighted by Gasteiger charge is -2.23. The molecule has 0 amide bonds. The van der Waals surface area contributed by atoms with Gasteiger partial charge in [-0.2, -0.15) is 0 Å². The van der Waals surface area contributed by atoms with E-state index in [0.29, 0.717) is 11.7 Å². The number of sulfonamides is 1. The summed E-state index contributed by atoms with van der Waals surface area (Å²) < 4.78 is 23.1. The van der Waals surface area contributed by atoms with E-state index >= 15 is 0 Å². The van der Waals surface area contributed by atoms with E-state index in [2.05, 4.69) is 11.9 Å². The van der Waals surface area contributed by atoms with Crippen LogP contribution < -0.4 is 10.0 Å². The molecule has 0 saturated carbocycles. The summed E-state index contributed by atoms with van der Waals surface area (Å²) in [4.78, 5) is 6.36. The van der Waals surface area contributed by atoms with Gasteiger partial charge in [0.25, 0.3) is 0 Å².